The number of hydrogen-bond acceptors (Lipinski definition) is 1. The highest BCUT2D eigenvalue weighted by atomic mass is 28.2. The molecule has 0 N–H and O–H groups in total. The Morgan fingerprint density at radius 3 is 2.45 bits per heavy atom. The van der Waals surface area contributed by atoms with Gasteiger partial charge in [-0.3, -0.25) is 0 Å². The standard InChI is InChI=1S/C9H21NSi/c1-4-10(5-2)8-7-9-11-6-3/h6H,3-5,7-9,11H2,1-2H3. The van der Waals surface area contributed by atoms with Gasteiger partial charge in [0.15, 0.2) is 0 Å². The Balaban J connectivity index is 3.13. The summed E-state index contributed by atoms with van der Waals surface area (Å²) in [5, 5.41) is 0. The molecular formula is C9H21NSi. The minimum absolute atomic E-state index is 0.101. The lowest BCUT2D eigenvalue weighted by atomic mass is 10.4. The molecule has 0 radical (unpaired) electrons. The molecule has 0 aliphatic carbocycles. The fourth-order valence-electron chi connectivity index (χ4n) is 1.16. The molecular weight excluding hydrogens is 150 g/mol. The first-order chi connectivity index (χ1) is 5.35. The molecule has 0 aliphatic heterocycles. The molecule has 0 amide bonds. The SMILES string of the molecule is C=C[SiH2]CCCN(CC)CC. The van der Waals surface area contributed by atoms with Crippen LogP contribution in [0.1, 0.15) is 20.3 Å². The van der Waals surface area contributed by atoms with Gasteiger partial charge in [0.1, 0.15) is 0 Å². The molecule has 0 spiro atoms. The van der Waals surface area contributed by atoms with Crippen molar-refractivity contribution in [3.05, 3.63) is 12.3 Å². The van der Waals surface area contributed by atoms with Crippen LogP contribution in [-0.4, -0.2) is 34.1 Å². The zero-order valence-electron chi connectivity index (χ0n) is 7.97. The van der Waals surface area contributed by atoms with E-state index in [4.69, 9.17) is 0 Å². The molecule has 0 saturated carbocycles. The Kier molecular flexibility index (Phi) is 7.96. The third-order valence-corrected chi connectivity index (χ3v) is 3.34. The van der Waals surface area contributed by atoms with Crippen LogP contribution >= 0.6 is 0 Å². The van der Waals surface area contributed by atoms with Gasteiger partial charge >= 0.3 is 0 Å². The van der Waals surface area contributed by atoms with Crippen molar-refractivity contribution in [3.63, 3.8) is 0 Å². The van der Waals surface area contributed by atoms with E-state index in [9.17, 15) is 0 Å². The first-order valence-corrected chi connectivity index (χ1v) is 6.50. The van der Waals surface area contributed by atoms with Crippen LogP contribution in [-0.2, 0) is 0 Å². The molecule has 66 valence electrons. The van der Waals surface area contributed by atoms with Gasteiger partial charge in [0.25, 0.3) is 0 Å². The molecule has 0 fully saturated rings. The summed E-state index contributed by atoms with van der Waals surface area (Å²) < 4.78 is 0. The first-order valence-electron chi connectivity index (χ1n) is 4.68. The Labute approximate surface area is 73.3 Å². The van der Waals surface area contributed by atoms with Crippen molar-refractivity contribution in [2.24, 2.45) is 0 Å². The highest BCUT2D eigenvalue weighted by molar-refractivity contribution is 6.41. The fraction of sp³-hybridized carbons (Fsp3) is 0.778. The van der Waals surface area contributed by atoms with E-state index >= 15 is 0 Å². The maximum absolute atomic E-state index is 3.77. The summed E-state index contributed by atoms with van der Waals surface area (Å²) in [7, 11) is 0.101. The maximum Gasteiger partial charge on any atom is 0.0446 e. The average molecular weight is 171 g/mol. The molecule has 0 saturated heterocycles. The third kappa shape index (κ3) is 6.32. The van der Waals surface area contributed by atoms with E-state index in [1.807, 2.05) is 0 Å². The third-order valence-electron chi connectivity index (χ3n) is 2.03. The van der Waals surface area contributed by atoms with Gasteiger partial charge < -0.3 is 4.90 Å². The molecule has 2 heteroatoms. The minimum atomic E-state index is 0.101. The van der Waals surface area contributed by atoms with Gasteiger partial charge in [0, 0.05) is 9.52 Å². The summed E-state index contributed by atoms with van der Waals surface area (Å²) in [4.78, 5) is 2.48. The van der Waals surface area contributed by atoms with E-state index in [1.165, 1.54) is 32.1 Å². The summed E-state index contributed by atoms with van der Waals surface area (Å²) in [6.07, 6.45) is 1.37. The van der Waals surface area contributed by atoms with Crippen LogP contribution in [0.4, 0.5) is 0 Å². The van der Waals surface area contributed by atoms with Gasteiger partial charge in [-0.2, -0.15) is 0 Å². The van der Waals surface area contributed by atoms with Crippen LogP contribution in [0.15, 0.2) is 12.3 Å². The quantitative estimate of drug-likeness (QED) is 0.414. The van der Waals surface area contributed by atoms with Crippen LogP contribution in [0.25, 0.3) is 0 Å². The molecule has 0 aromatic carbocycles. The highest BCUT2D eigenvalue weighted by Gasteiger charge is 1.96. The van der Waals surface area contributed by atoms with Crippen molar-refractivity contribution in [1.82, 2.24) is 4.90 Å². The Hall–Kier alpha value is -0.0831. The average Bonchev–Trinajstić information content (AvgIpc) is 2.05. The number of hydrogen-bond donors (Lipinski definition) is 0. The Morgan fingerprint density at radius 1 is 1.36 bits per heavy atom. The molecule has 0 atom stereocenters. The van der Waals surface area contributed by atoms with Gasteiger partial charge in [0.05, 0.1) is 0 Å². The summed E-state index contributed by atoms with van der Waals surface area (Å²) >= 11 is 0. The van der Waals surface area contributed by atoms with Crippen molar-refractivity contribution >= 4 is 9.52 Å². The molecule has 11 heavy (non-hydrogen) atoms. The minimum Gasteiger partial charge on any atom is -0.304 e. The molecule has 0 unspecified atom stereocenters. The van der Waals surface area contributed by atoms with Gasteiger partial charge in [-0.15, -0.1) is 12.3 Å². The summed E-state index contributed by atoms with van der Waals surface area (Å²) in [5.74, 6) is 0. The van der Waals surface area contributed by atoms with Crippen LogP contribution in [0.3, 0.4) is 0 Å². The topological polar surface area (TPSA) is 3.24 Å². The first kappa shape index (κ1) is 10.9. The van der Waals surface area contributed by atoms with Crippen LogP contribution in [0.2, 0.25) is 6.04 Å². The molecule has 0 rings (SSSR count). The van der Waals surface area contributed by atoms with Crippen molar-refractivity contribution in [3.8, 4) is 0 Å². The molecule has 0 aliphatic rings. The summed E-state index contributed by atoms with van der Waals surface area (Å²) in [6, 6.07) is 1.43. The second-order valence-corrected chi connectivity index (χ2v) is 4.67. The monoisotopic (exact) mass is 171 g/mol. The normalized spacial score (nSPS) is 11.5. The van der Waals surface area contributed by atoms with Crippen LogP contribution in [0, 0.1) is 0 Å². The van der Waals surface area contributed by atoms with Crippen molar-refractivity contribution in [2.75, 3.05) is 19.6 Å². The van der Waals surface area contributed by atoms with Gasteiger partial charge in [-0.05, 0) is 26.1 Å². The second kappa shape index (κ2) is 8.02. The number of rotatable bonds is 7. The van der Waals surface area contributed by atoms with Gasteiger partial charge in [-0.25, -0.2) is 0 Å². The Bertz CT molecular complexity index is 89.6. The van der Waals surface area contributed by atoms with E-state index in [2.05, 4.69) is 31.0 Å². The van der Waals surface area contributed by atoms with E-state index in [1.54, 1.807) is 0 Å². The zero-order chi connectivity index (χ0) is 8.53. The van der Waals surface area contributed by atoms with E-state index in [0.29, 0.717) is 0 Å². The van der Waals surface area contributed by atoms with Crippen LogP contribution < -0.4 is 0 Å². The largest absolute Gasteiger partial charge is 0.304 e. The van der Waals surface area contributed by atoms with Gasteiger partial charge in [0.2, 0.25) is 0 Å². The zero-order valence-corrected chi connectivity index (χ0v) is 9.39. The summed E-state index contributed by atoms with van der Waals surface area (Å²) in [5.41, 5.74) is 2.14. The van der Waals surface area contributed by atoms with E-state index < -0.39 is 0 Å². The predicted molar refractivity (Wildman–Crippen MR) is 56.0 cm³/mol. The van der Waals surface area contributed by atoms with Crippen molar-refractivity contribution in [1.29, 1.82) is 0 Å². The van der Waals surface area contributed by atoms with E-state index in [0.717, 1.165) is 0 Å². The summed E-state index contributed by atoms with van der Waals surface area (Å²) in [6.45, 7) is 11.9. The Morgan fingerprint density at radius 2 is 2.00 bits per heavy atom. The fourth-order valence-corrected chi connectivity index (χ4v) is 1.96. The van der Waals surface area contributed by atoms with Gasteiger partial charge in [-0.1, -0.05) is 19.9 Å². The lowest BCUT2D eigenvalue weighted by molar-refractivity contribution is 0.304. The molecule has 0 aromatic heterocycles. The number of nitrogens with zero attached hydrogens (tertiary/aromatic N) is 1. The van der Waals surface area contributed by atoms with Crippen molar-refractivity contribution in [2.45, 2.75) is 26.3 Å². The lowest BCUT2D eigenvalue weighted by Crippen LogP contribution is -2.23. The van der Waals surface area contributed by atoms with Crippen molar-refractivity contribution < 1.29 is 0 Å². The molecule has 0 heterocycles. The second-order valence-electron chi connectivity index (χ2n) is 2.81. The van der Waals surface area contributed by atoms with Crippen LogP contribution in [0.5, 0.6) is 0 Å². The highest BCUT2D eigenvalue weighted by Crippen LogP contribution is 1.94. The maximum atomic E-state index is 3.77. The molecule has 1 nitrogen and oxygen atoms in total. The smallest absolute Gasteiger partial charge is 0.0446 e. The predicted octanol–water partition coefficient (Wildman–Crippen LogP) is 1.45. The lowest BCUT2D eigenvalue weighted by Gasteiger charge is -2.16. The molecule has 0 aromatic rings. The van der Waals surface area contributed by atoms with E-state index in [-0.39, 0.29) is 9.52 Å². The molecule has 0 bridgehead atoms.